The molecule has 0 saturated heterocycles. The van der Waals surface area contributed by atoms with Crippen molar-refractivity contribution in [2.24, 2.45) is 0 Å². The number of imidazole rings is 1. The number of aliphatic hydroxyl groups is 1. The Hall–Kier alpha value is -3.97. The molecule has 1 aromatic heterocycles. The molecule has 0 radical (unpaired) electrons. The fourth-order valence-corrected chi connectivity index (χ4v) is 3.18. The van der Waals surface area contributed by atoms with Crippen LogP contribution in [0.1, 0.15) is 22.8 Å². The number of Topliss-reactive ketones (excluding diaryl/α,β-unsaturated/α-hetero) is 1. The van der Waals surface area contributed by atoms with Gasteiger partial charge in [0.1, 0.15) is 17.6 Å². The van der Waals surface area contributed by atoms with Gasteiger partial charge in [-0.2, -0.15) is 4.73 Å². The molecule has 1 atom stereocenters. The van der Waals surface area contributed by atoms with Crippen LogP contribution >= 0.6 is 0 Å². The second-order valence-electron chi connectivity index (χ2n) is 7.08. The number of hydrogen-bond acceptors (Lipinski definition) is 5. The number of carbonyl (C=O) groups excluding carboxylic acids is 1. The lowest BCUT2D eigenvalue weighted by Crippen LogP contribution is -2.15. The van der Waals surface area contributed by atoms with Gasteiger partial charge in [-0.1, -0.05) is 18.2 Å². The highest BCUT2D eigenvalue weighted by Gasteiger charge is 2.13. The van der Waals surface area contributed by atoms with E-state index in [2.05, 4.69) is 10.3 Å². The van der Waals surface area contributed by atoms with E-state index in [0.29, 0.717) is 33.7 Å². The number of carbonyl (C=O) groups is 1. The Balaban J connectivity index is 1.49. The van der Waals surface area contributed by atoms with Gasteiger partial charge in [-0.3, -0.25) is 4.79 Å². The van der Waals surface area contributed by atoms with E-state index >= 15 is 0 Å². The van der Waals surface area contributed by atoms with E-state index in [9.17, 15) is 19.5 Å². The molecule has 4 aromatic rings. The summed E-state index contributed by atoms with van der Waals surface area (Å²) in [5, 5.41) is 23.6. The number of anilines is 1. The lowest BCUT2D eigenvalue weighted by molar-refractivity contribution is 0.101. The number of fused-ring (bicyclic) bond motifs is 1. The molecule has 0 aliphatic carbocycles. The third-order valence-corrected chi connectivity index (χ3v) is 4.84. The van der Waals surface area contributed by atoms with Crippen LogP contribution in [0.25, 0.3) is 28.5 Å². The van der Waals surface area contributed by atoms with Crippen molar-refractivity contribution in [1.29, 1.82) is 0 Å². The zero-order chi connectivity index (χ0) is 22.0. The number of ketones is 1. The molecule has 31 heavy (non-hydrogen) atoms. The molecular weight excluding hydrogens is 397 g/mol. The van der Waals surface area contributed by atoms with Gasteiger partial charge in [0.25, 0.3) is 0 Å². The number of nitrogens with zero attached hydrogens (tertiary/aromatic N) is 2. The predicted molar refractivity (Wildman–Crippen MR) is 117 cm³/mol. The van der Waals surface area contributed by atoms with Gasteiger partial charge in [0.2, 0.25) is 0 Å². The largest absolute Gasteiger partial charge is 0.426 e. The topological polar surface area (TPSA) is 87.4 Å². The zero-order valence-corrected chi connectivity index (χ0v) is 16.7. The highest BCUT2D eigenvalue weighted by atomic mass is 19.1. The number of nitrogens with one attached hydrogen (secondary N) is 1. The number of aromatic nitrogens is 2. The van der Waals surface area contributed by atoms with Crippen LogP contribution < -0.4 is 5.32 Å². The molecule has 0 amide bonds. The van der Waals surface area contributed by atoms with Crippen molar-refractivity contribution in [1.82, 2.24) is 9.71 Å². The SMILES string of the molecule is CC(=O)c1ccc2nc(-c3ccc(NC(O)C=Cc4ccc(F)cc4)cc3)n(O)c2c1. The number of halogens is 1. The van der Waals surface area contributed by atoms with Crippen molar-refractivity contribution in [3.05, 3.63) is 89.8 Å². The number of hydrogen-bond donors (Lipinski definition) is 3. The van der Waals surface area contributed by atoms with Crippen molar-refractivity contribution in [2.45, 2.75) is 13.2 Å². The Bertz CT molecular complexity index is 1260. The minimum Gasteiger partial charge on any atom is -0.426 e. The smallest absolute Gasteiger partial charge is 0.176 e. The standard InChI is InChI=1S/C24H20FN3O3/c1-15(29)18-7-12-21-22(14-18)28(31)24(27-21)17-5-10-20(11-6-17)26-23(30)13-4-16-2-8-19(25)9-3-16/h2-14,23,26,30-31H,1H3. The van der Waals surface area contributed by atoms with E-state index in [1.165, 1.54) is 19.1 Å². The Kier molecular flexibility index (Phi) is 5.51. The summed E-state index contributed by atoms with van der Waals surface area (Å²) < 4.78 is 13.9. The van der Waals surface area contributed by atoms with Gasteiger partial charge in [-0.25, -0.2) is 9.37 Å². The maximum atomic E-state index is 12.9. The first-order chi connectivity index (χ1) is 14.9. The number of aliphatic hydroxyl groups excluding tert-OH is 1. The summed E-state index contributed by atoms with van der Waals surface area (Å²) in [4.78, 5) is 16.0. The predicted octanol–water partition coefficient (Wildman–Crippen LogP) is 4.73. The summed E-state index contributed by atoms with van der Waals surface area (Å²) in [6, 6.07) is 18.0. The van der Waals surface area contributed by atoms with Crippen molar-refractivity contribution >= 4 is 28.6 Å². The molecule has 3 aromatic carbocycles. The van der Waals surface area contributed by atoms with Gasteiger partial charge < -0.3 is 15.6 Å². The van der Waals surface area contributed by atoms with E-state index in [4.69, 9.17) is 0 Å². The van der Waals surface area contributed by atoms with Crippen molar-refractivity contribution in [3.63, 3.8) is 0 Å². The lowest BCUT2D eigenvalue weighted by Gasteiger charge is -2.11. The van der Waals surface area contributed by atoms with Crippen molar-refractivity contribution in [2.75, 3.05) is 5.32 Å². The van der Waals surface area contributed by atoms with Crippen LogP contribution in [-0.4, -0.2) is 32.0 Å². The molecule has 3 N–H and O–H groups in total. The van der Waals surface area contributed by atoms with Gasteiger partial charge in [0.15, 0.2) is 11.6 Å². The minimum absolute atomic E-state index is 0.0906. The molecule has 7 heteroatoms. The summed E-state index contributed by atoms with van der Waals surface area (Å²) in [6.07, 6.45) is 2.30. The van der Waals surface area contributed by atoms with E-state index in [-0.39, 0.29) is 11.6 Å². The summed E-state index contributed by atoms with van der Waals surface area (Å²) in [7, 11) is 0. The lowest BCUT2D eigenvalue weighted by atomic mass is 10.1. The first-order valence-corrected chi connectivity index (χ1v) is 9.62. The molecule has 0 aliphatic rings. The maximum absolute atomic E-state index is 12.9. The molecule has 6 nitrogen and oxygen atoms in total. The van der Waals surface area contributed by atoms with Crippen LogP contribution in [0.3, 0.4) is 0 Å². The Morgan fingerprint density at radius 1 is 1.10 bits per heavy atom. The Morgan fingerprint density at radius 2 is 1.81 bits per heavy atom. The van der Waals surface area contributed by atoms with Crippen molar-refractivity contribution in [3.8, 4) is 11.4 Å². The van der Waals surface area contributed by atoms with Crippen LogP contribution in [0.4, 0.5) is 10.1 Å². The monoisotopic (exact) mass is 417 g/mol. The van der Waals surface area contributed by atoms with Crippen LogP contribution in [0.15, 0.2) is 72.8 Å². The summed E-state index contributed by atoms with van der Waals surface area (Å²) in [5.41, 5.74) is 3.63. The van der Waals surface area contributed by atoms with Gasteiger partial charge in [0.05, 0.1) is 5.52 Å². The summed E-state index contributed by atoms with van der Waals surface area (Å²) in [6.45, 7) is 1.47. The second-order valence-corrected chi connectivity index (χ2v) is 7.08. The molecule has 0 bridgehead atoms. The third-order valence-electron chi connectivity index (χ3n) is 4.84. The fraction of sp³-hybridized carbons (Fsp3) is 0.0833. The average molecular weight is 417 g/mol. The van der Waals surface area contributed by atoms with Crippen LogP contribution in [0.5, 0.6) is 0 Å². The molecule has 0 aliphatic heterocycles. The Labute approximate surface area is 177 Å². The number of benzene rings is 3. The van der Waals surface area contributed by atoms with Crippen LogP contribution in [0.2, 0.25) is 0 Å². The molecular formula is C24H20FN3O3. The Morgan fingerprint density at radius 3 is 2.48 bits per heavy atom. The number of rotatable bonds is 6. The summed E-state index contributed by atoms with van der Waals surface area (Å²) in [5.74, 6) is -0.0577. The molecule has 0 fully saturated rings. The van der Waals surface area contributed by atoms with Crippen molar-refractivity contribution < 1.29 is 19.5 Å². The fourth-order valence-electron chi connectivity index (χ4n) is 3.18. The minimum atomic E-state index is -0.941. The zero-order valence-electron chi connectivity index (χ0n) is 16.7. The first kappa shape index (κ1) is 20.3. The van der Waals surface area contributed by atoms with E-state index < -0.39 is 6.23 Å². The molecule has 156 valence electrons. The van der Waals surface area contributed by atoms with Gasteiger partial charge in [0, 0.05) is 16.8 Å². The molecule has 0 saturated carbocycles. The second kappa shape index (κ2) is 8.41. The van der Waals surface area contributed by atoms with E-state index in [1.54, 1.807) is 66.7 Å². The van der Waals surface area contributed by atoms with Crippen LogP contribution in [0, 0.1) is 5.82 Å². The van der Waals surface area contributed by atoms with Gasteiger partial charge >= 0.3 is 0 Å². The highest BCUT2D eigenvalue weighted by Crippen LogP contribution is 2.25. The van der Waals surface area contributed by atoms with E-state index in [0.717, 1.165) is 10.3 Å². The highest BCUT2D eigenvalue weighted by molar-refractivity contribution is 5.97. The normalized spacial score (nSPS) is 12.4. The molecule has 0 spiro atoms. The summed E-state index contributed by atoms with van der Waals surface area (Å²) >= 11 is 0. The van der Waals surface area contributed by atoms with Gasteiger partial charge in [-0.15, -0.1) is 0 Å². The molecule has 4 rings (SSSR count). The van der Waals surface area contributed by atoms with Gasteiger partial charge in [-0.05, 0) is 73.2 Å². The van der Waals surface area contributed by atoms with Crippen LogP contribution in [-0.2, 0) is 0 Å². The molecule has 1 heterocycles. The molecule has 1 unspecified atom stereocenters. The van der Waals surface area contributed by atoms with E-state index in [1.807, 2.05) is 0 Å². The maximum Gasteiger partial charge on any atom is 0.176 e. The average Bonchev–Trinajstić information content (AvgIpc) is 3.10. The quantitative estimate of drug-likeness (QED) is 0.240. The first-order valence-electron chi connectivity index (χ1n) is 9.62. The third kappa shape index (κ3) is 4.46.